The van der Waals surface area contributed by atoms with Crippen LogP contribution in [0.1, 0.15) is 56.8 Å². The summed E-state index contributed by atoms with van der Waals surface area (Å²) in [5, 5.41) is 5.94. The van der Waals surface area contributed by atoms with Crippen LogP contribution in [0.5, 0.6) is 11.5 Å². The van der Waals surface area contributed by atoms with Gasteiger partial charge in [-0.05, 0) is 68.9 Å². The van der Waals surface area contributed by atoms with E-state index in [1.54, 1.807) is 18.2 Å². The van der Waals surface area contributed by atoms with Gasteiger partial charge in [-0.1, -0.05) is 38.3 Å². The van der Waals surface area contributed by atoms with E-state index >= 15 is 0 Å². The van der Waals surface area contributed by atoms with Gasteiger partial charge in [0.15, 0.2) is 5.11 Å². The second-order valence-electron chi connectivity index (χ2n) is 7.00. The molecule has 2 rings (SSSR count). The van der Waals surface area contributed by atoms with Crippen LogP contribution in [0, 0.1) is 0 Å². The van der Waals surface area contributed by atoms with Gasteiger partial charge in [-0.3, -0.25) is 10.1 Å². The maximum absolute atomic E-state index is 12.6. The van der Waals surface area contributed by atoms with Crippen molar-refractivity contribution in [2.45, 2.75) is 52.6 Å². The monoisotopic (exact) mass is 414 g/mol. The molecule has 0 spiro atoms. The van der Waals surface area contributed by atoms with Crippen molar-refractivity contribution < 1.29 is 14.3 Å². The number of anilines is 1. The zero-order valence-corrected chi connectivity index (χ0v) is 18.2. The molecule has 0 unspecified atom stereocenters. The Kier molecular flexibility index (Phi) is 9.44. The second-order valence-corrected chi connectivity index (χ2v) is 7.41. The molecule has 5 nitrogen and oxygen atoms in total. The van der Waals surface area contributed by atoms with Crippen LogP contribution < -0.4 is 20.1 Å². The SMILES string of the molecule is CCCCCCOc1ccc(NC(=S)NC(=O)c2ccccc2OC(C)C)cc1. The van der Waals surface area contributed by atoms with E-state index in [2.05, 4.69) is 17.6 Å². The Morgan fingerprint density at radius 1 is 1.03 bits per heavy atom. The lowest BCUT2D eigenvalue weighted by Crippen LogP contribution is -2.34. The molecule has 2 aromatic carbocycles. The number of thiocarbonyl (C=S) groups is 1. The number of rotatable bonds is 10. The number of unbranched alkanes of at least 4 members (excludes halogenated alkanes) is 3. The minimum atomic E-state index is -0.314. The summed E-state index contributed by atoms with van der Waals surface area (Å²) >= 11 is 5.27. The molecule has 2 aromatic rings. The molecule has 0 aliphatic heterocycles. The van der Waals surface area contributed by atoms with Gasteiger partial charge in [0.25, 0.3) is 5.91 Å². The third-order valence-corrected chi connectivity index (χ3v) is 4.30. The van der Waals surface area contributed by atoms with Gasteiger partial charge in [-0.2, -0.15) is 0 Å². The molecule has 0 heterocycles. The zero-order valence-electron chi connectivity index (χ0n) is 17.4. The summed E-state index contributed by atoms with van der Waals surface area (Å²) in [6, 6.07) is 14.6. The topological polar surface area (TPSA) is 59.6 Å². The van der Waals surface area contributed by atoms with Gasteiger partial charge in [-0.15, -0.1) is 0 Å². The molecule has 0 aliphatic carbocycles. The first-order valence-electron chi connectivity index (χ1n) is 10.1. The highest BCUT2D eigenvalue weighted by Crippen LogP contribution is 2.20. The highest BCUT2D eigenvalue weighted by molar-refractivity contribution is 7.80. The third kappa shape index (κ3) is 8.11. The van der Waals surface area contributed by atoms with Crippen LogP contribution in [0.2, 0.25) is 0 Å². The van der Waals surface area contributed by atoms with E-state index in [1.807, 2.05) is 44.2 Å². The second kappa shape index (κ2) is 12.1. The van der Waals surface area contributed by atoms with Crippen molar-refractivity contribution in [1.29, 1.82) is 0 Å². The molecule has 0 saturated heterocycles. The van der Waals surface area contributed by atoms with Crippen LogP contribution in [-0.4, -0.2) is 23.7 Å². The number of hydrogen-bond acceptors (Lipinski definition) is 4. The van der Waals surface area contributed by atoms with Crippen LogP contribution in [0.15, 0.2) is 48.5 Å². The summed E-state index contributed by atoms with van der Waals surface area (Å²) in [7, 11) is 0. The van der Waals surface area contributed by atoms with Crippen LogP contribution in [0.4, 0.5) is 5.69 Å². The largest absolute Gasteiger partial charge is 0.494 e. The van der Waals surface area contributed by atoms with Crippen molar-refractivity contribution in [2.24, 2.45) is 0 Å². The number of amides is 1. The minimum Gasteiger partial charge on any atom is -0.494 e. The highest BCUT2D eigenvalue weighted by atomic mass is 32.1. The third-order valence-electron chi connectivity index (χ3n) is 4.10. The maximum atomic E-state index is 12.6. The van der Waals surface area contributed by atoms with Gasteiger partial charge in [0, 0.05) is 5.69 Å². The Hall–Kier alpha value is -2.60. The fourth-order valence-electron chi connectivity index (χ4n) is 2.70. The molecule has 0 atom stereocenters. The number of carbonyl (C=O) groups is 1. The molecule has 0 aromatic heterocycles. The number of carbonyl (C=O) groups excluding carboxylic acids is 1. The molecule has 0 saturated carbocycles. The summed E-state index contributed by atoms with van der Waals surface area (Å²) in [5.41, 5.74) is 1.22. The summed E-state index contributed by atoms with van der Waals surface area (Å²) in [6.07, 6.45) is 4.68. The van der Waals surface area contributed by atoms with Gasteiger partial charge in [-0.25, -0.2) is 0 Å². The van der Waals surface area contributed by atoms with Gasteiger partial charge >= 0.3 is 0 Å². The lowest BCUT2D eigenvalue weighted by atomic mass is 10.2. The van der Waals surface area contributed by atoms with E-state index in [0.717, 1.165) is 24.5 Å². The maximum Gasteiger partial charge on any atom is 0.261 e. The number of benzene rings is 2. The Bertz CT molecular complexity index is 791. The van der Waals surface area contributed by atoms with Crippen molar-refractivity contribution in [3.8, 4) is 11.5 Å². The first kappa shape index (κ1) is 22.7. The van der Waals surface area contributed by atoms with E-state index in [1.165, 1.54) is 19.3 Å². The number of hydrogen-bond donors (Lipinski definition) is 2. The molecule has 6 heteroatoms. The summed E-state index contributed by atoms with van der Waals surface area (Å²) in [5.74, 6) is 1.04. The minimum absolute atomic E-state index is 0.0265. The lowest BCUT2D eigenvalue weighted by molar-refractivity contribution is 0.0972. The quantitative estimate of drug-likeness (QED) is 0.394. The van der Waals surface area contributed by atoms with Crippen LogP contribution in [0.25, 0.3) is 0 Å². The van der Waals surface area contributed by atoms with Crippen LogP contribution in [0.3, 0.4) is 0 Å². The van der Waals surface area contributed by atoms with Crippen molar-refractivity contribution in [3.05, 3.63) is 54.1 Å². The van der Waals surface area contributed by atoms with Crippen LogP contribution in [-0.2, 0) is 0 Å². The van der Waals surface area contributed by atoms with Gasteiger partial charge in [0.1, 0.15) is 11.5 Å². The zero-order chi connectivity index (χ0) is 21.1. The predicted octanol–water partition coefficient (Wildman–Crippen LogP) is 5.56. The average Bonchev–Trinajstić information content (AvgIpc) is 2.69. The average molecular weight is 415 g/mol. The fourth-order valence-corrected chi connectivity index (χ4v) is 2.91. The van der Waals surface area contributed by atoms with E-state index in [9.17, 15) is 4.79 Å². The van der Waals surface area contributed by atoms with Gasteiger partial charge in [0.2, 0.25) is 0 Å². The Morgan fingerprint density at radius 2 is 1.76 bits per heavy atom. The van der Waals surface area contributed by atoms with Crippen LogP contribution >= 0.6 is 12.2 Å². The van der Waals surface area contributed by atoms with E-state index in [0.29, 0.717) is 11.3 Å². The Morgan fingerprint density at radius 3 is 2.45 bits per heavy atom. The number of nitrogens with one attached hydrogen (secondary N) is 2. The molecular formula is C23H30N2O3S. The molecule has 2 N–H and O–H groups in total. The molecule has 0 aliphatic rings. The molecular weight excluding hydrogens is 384 g/mol. The smallest absolute Gasteiger partial charge is 0.261 e. The van der Waals surface area contributed by atoms with E-state index in [-0.39, 0.29) is 17.1 Å². The summed E-state index contributed by atoms with van der Waals surface area (Å²) in [6.45, 7) is 6.75. The molecule has 0 fully saturated rings. The van der Waals surface area contributed by atoms with Gasteiger partial charge in [0.05, 0.1) is 18.3 Å². The van der Waals surface area contributed by atoms with E-state index < -0.39 is 0 Å². The normalized spacial score (nSPS) is 10.5. The molecule has 29 heavy (non-hydrogen) atoms. The van der Waals surface area contributed by atoms with Gasteiger partial charge < -0.3 is 14.8 Å². The number of para-hydroxylation sites is 1. The standard InChI is InChI=1S/C23H30N2O3S/c1-4-5-6-9-16-27-19-14-12-18(13-15-19)24-23(29)25-22(26)20-10-7-8-11-21(20)28-17(2)3/h7-8,10-15,17H,4-6,9,16H2,1-3H3,(H2,24,25,26,29). The Labute approximate surface area is 178 Å². The fraction of sp³-hybridized carbons (Fsp3) is 0.391. The first-order valence-corrected chi connectivity index (χ1v) is 10.5. The summed E-state index contributed by atoms with van der Waals surface area (Å²) in [4.78, 5) is 12.6. The molecule has 156 valence electrons. The number of ether oxygens (including phenoxy) is 2. The molecule has 0 radical (unpaired) electrons. The van der Waals surface area contributed by atoms with Crippen molar-refractivity contribution in [1.82, 2.24) is 5.32 Å². The van der Waals surface area contributed by atoms with Crippen molar-refractivity contribution in [2.75, 3.05) is 11.9 Å². The Balaban J connectivity index is 1.85. The van der Waals surface area contributed by atoms with E-state index in [4.69, 9.17) is 21.7 Å². The van der Waals surface area contributed by atoms with Crippen molar-refractivity contribution in [3.63, 3.8) is 0 Å². The van der Waals surface area contributed by atoms with Crippen molar-refractivity contribution >= 4 is 28.9 Å². The summed E-state index contributed by atoms with van der Waals surface area (Å²) < 4.78 is 11.4. The highest BCUT2D eigenvalue weighted by Gasteiger charge is 2.14. The molecule has 1 amide bonds. The lowest BCUT2D eigenvalue weighted by Gasteiger charge is -2.15. The molecule has 0 bridgehead atoms. The first-order chi connectivity index (χ1) is 14.0. The predicted molar refractivity (Wildman–Crippen MR) is 122 cm³/mol.